The SMILES string of the molecule is Cc1cccc(NC(=O)C[NH+]2CCN(C(=O)NC3CCC(C)CC3)CC2)c1C. The van der Waals surface area contributed by atoms with Gasteiger partial charge in [0.1, 0.15) is 0 Å². The van der Waals surface area contributed by atoms with Gasteiger partial charge in [-0.2, -0.15) is 0 Å². The number of rotatable bonds is 4. The van der Waals surface area contributed by atoms with Crippen molar-refractivity contribution in [2.75, 3.05) is 38.0 Å². The highest BCUT2D eigenvalue weighted by Gasteiger charge is 2.27. The summed E-state index contributed by atoms with van der Waals surface area (Å²) in [7, 11) is 0. The van der Waals surface area contributed by atoms with Gasteiger partial charge in [0.25, 0.3) is 5.91 Å². The third-order valence-corrected chi connectivity index (χ3v) is 6.39. The molecular formula is C22H35N4O2+. The van der Waals surface area contributed by atoms with Crippen LogP contribution in [0, 0.1) is 19.8 Å². The van der Waals surface area contributed by atoms with Crippen LogP contribution >= 0.6 is 0 Å². The lowest BCUT2D eigenvalue weighted by Crippen LogP contribution is -3.15. The summed E-state index contributed by atoms with van der Waals surface area (Å²) in [5.41, 5.74) is 3.19. The van der Waals surface area contributed by atoms with Crippen LogP contribution in [0.15, 0.2) is 18.2 Å². The predicted molar refractivity (Wildman–Crippen MR) is 112 cm³/mol. The highest BCUT2D eigenvalue weighted by Crippen LogP contribution is 2.23. The molecule has 6 heteroatoms. The molecule has 0 unspecified atom stereocenters. The molecule has 1 saturated heterocycles. The molecule has 2 fully saturated rings. The number of piperazine rings is 1. The highest BCUT2D eigenvalue weighted by atomic mass is 16.2. The monoisotopic (exact) mass is 387 g/mol. The summed E-state index contributed by atoms with van der Waals surface area (Å²) in [6.07, 6.45) is 4.60. The van der Waals surface area contributed by atoms with Gasteiger partial charge in [-0.25, -0.2) is 4.79 Å². The van der Waals surface area contributed by atoms with Crippen LogP contribution in [-0.4, -0.2) is 55.6 Å². The number of carbonyl (C=O) groups is 2. The molecule has 3 N–H and O–H groups in total. The topological polar surface area (TPSA) is 65.9 Å². The van der Waals surface area contributed by atoms with E-state index >= 15 is 0 Å². The minimum Gasteiger partial charge on any atom is -0.335 e. The molecule has 0 spiro atoms. The molecule has 1 aromatic rings. The molecule has 0 bridgehead atoms. The quantitative estimate of drug-likeness (QED) is 0.737. The van der Waals surface area contributed by atoms with E-state index in [-0.39, 0.29) is 11.9 Å². The first kappa shape index (κ1) is 20.6. The summed E-state index contributed by atoms with van der Waals surface area (Å²) in [6, 6.07) is 6.36. The van der Waals surface area contributed by atoms with Gasteiger partial charge in [0.2, 0.25) is 0 Å². The average Bonchev–Trinajstić information content (AvgIpc) is 2.68. The maximum Gasteiger partial charge on any atom is 0.318 e. The van der Waals surface area contributed by atoms with Crippen molar-refractivity contribution in [3.05, 3.63) is 29.3 Å². The molecule has 3 rings (SSSR count). The highest BCUT2D eigenvalue weighted by molar-refractivity contribution is 5.92. The minimum atomic E-state index is 0.0397. The normalized spacial score (nSPS) is 23.3. The van der Waals surface area contributed by atoms with Crippen LogP contribution in [0.2, 0.25) is 0 Å². The number of anilines is 1. The largest absolute Gasteiger partial charge is 0.335 e. The van der Waals surface area contributed by atoms with E-state index in [4.69, 9.17) is 0 Å². The molecule has 1 aromatic carbocycles. The van der Waals surface area contributed by atoms with Crippen molar-refractivity contribution >= 4 is 17.6 Å². The Morgan fingerprint density at radius 1 is 1.11 bits per heavy atom. The van der Waals surface area contributed by atoms with Gasteiger partial charge in [-0.15, -0.1) is 0 Å². The number of quaternary nitrogens is 1. The summed E-state index contributed by atoms with van der Waals surface area (Å²) in [5.74, 6) is 0.827. The van der Waals surface area contributed by atoms with Gasteiger partial charge in [0, 0.05) is 11.7 Å². The number of hydrogen-bond donors (Lipinski definition) is 3. The van der Waals surface area contributed by atoms with E-state index in [0.29, 0.717) is 25.7 Å². The Labute approximate surface area is 168 Å². The van der Waals surface area contributed by atoms with Crippen LogP contribution in [0.1, 0.15) is 43.7 Å². The van der Waals surface area contributed by atoms with Gasteiger partial charge < -0.3 is 20.4 Å². The lowest BCUT2D eigenvalue weighted by atomic mass is 9.87. The van der Waals surface area contributed by atoms with Crippen molar-refractivity contribution in [2.45, 2.75) is 52.5 Å². The number of hydrogen-bond acceptors (Lipinski definition) is 2. The van der Waals surface area contributed by atoms with E-state index in [2.05, 4.69) is 30.5 Å². The lowest BCUT2D eigenvalue weighted by molar-refractivity contribution is -0.895. The minimum absolute atomic E-state index is 0.0397. The number of benzene rings is 1. The summed E-state index contributed by atoms with van der Waals surface area (Å²) < 4.78 is 0. The molecule has 1 heterocycles. The summed E-state index contributed by atoms with van der Waals surface area (Å²) in [6.45, 7) is 9.86. The zero-order valence-corrected chi connectivity index (χ0v) is 17.5. The van der Waals surface area contributed by atoms with Crippen LogP contribution < -0.4 is 15.5 Å². The number of urea groups is 1. The van der Waals surface area contributed by atoms with E-state index in [1.54, 1.807) is 0 Å². The lowest BCUT2D eigenvalue weighted by Gasteiger charge is -2.34. The summed E-state index contributed by atoms with van der Waals surface area (Å²) in [4.78, 5) is 28.1. The molecule has 0 radical (unpaired) electrons. The van der Waals surface area contributed by atoms with E-state index in [0.717, 1.165) is 43.1 Å². The molecule has 3 amide bonds. The first-order valence-electron chi connectivity index (χ1n) is 10.7. The fourth-order valence-corrected chi connectivity index (χ4v) is 4.18. The van der Waals surface area contributed by atoms with Gasteiger partial charge in [-0.05, 0) is 62.6 Å². The average molecular weight is 388 g/mol. The molecule has 0 atom stereocenters. The molecule has 1 saturated carbocycles. The van der Waals surface area contributed by atoms with Gasteiger partial charge >= 0.3 is 6.03 Å². The van der Waals surface area contributed by atoms with Crippen molar-refractivity contribution in [3.8, 4) is 0 Å². The fraction of sp³-hybridized carbons (Fsp3) is 0.636. The van der Waals surface area contributed by atoms with Gasteiger partial charge in [-0.3, -0.25) is 4.79 Å². The Hall–Kier alpha value is -2.08. The van der Waals surface area contributed by atoms with Crippen LogP contribution in [-0.2, 0) is 4.79 Å². The van der Waals surface area contributed by atoms with Crippen molar-refractivity contribution in [3.63, 3.8) is 0 Å². The van der Waals surface area contributed by atoms with Crippen molar-refractivity contribution < 1.29 is 14.5 Å². The van der Waals surface area contributed by atoms with E-state index in [1.807, 2.05) is 24.0 Å². The van der Waals surface area contributed by atoms with E-state index < -0.39 is 0 Å². The Bertz CT molecular complexity index is 690. The Kier molecular flexibility index (Phi) is 6.94. The van der Waals surface area contributed by atoms with Gasteiger partial charge in [0.15, 0.2) is 6.54 Å². The molecule has 2 aliphatic rings. The maximum absolute atomic E-state index is 12.5. The molecule has 0 aromatic heterocycles. The van der Waals surface area contributed by atoms with Crippen molar-refractivity contribution in [1.29, 1.82) is 0 Å². The summed E-state index contributed by atoms with van der Waals surface area (Å²) in [5, 5.41) is 6.24. The van der Waals surface area contributed by atoms with Crippen molar-refractivity contribution in [1.82, 2.24) is 10.2 Å². The van der Waals surface area contributed by atoms with Crippen LogP contribution in [0.25, 0.3) is 0 Å². The third-order valence-electron chi connectivity index (χ3n) is 6.39. The number of carbonyl (C=O) groups excluding carboxylic acids is 2. The molecular weight excluding hydrogens is 352 g/mol. The van der Waals surface area contributed by atoms with Crippen LogP contribution in [0.3, 0.4) is 0 Å². The summed E-state index contributed by atoms with van der Waals surface area (Å²) >= 11 is 0. The molecule has 1 aliphatic heterocycles. The second-order valence-electron chi connectivity index (χ2n) is 8.62. The zero-order chi connectivity index (χ0) is 20.1. The number of nitrogens with zero attached hydrogens (tertiary/aromatic N) is 1. The molecule has 154 valence electrons. The second kappa shape index (κ2) is 9.41. The second-order valence-corrected chi connectivity index (χ2v) is 8.62. The Morgan fingerprint density at radius 3 is 2.46 bits per heavy atom. The van der Waals surface area contributed by atoms with Crippen LogP contribution in [0.4, 0.5) is 10.5 Å². The fourth-order valence-electron chi connectivity index (χ4n) is 4.18. The van der Waals surface area contributed by atoms with Crippen LogP contribution in [0.5, 0.6) is 0 Å². The Morgan fingerprint density at radius 2 is 1.79 bits per heavy atom. The van der Waals surface area contributed by atoms with Crippen molar-refractivity contribution in [2.24, 2.45) is 5.92 Å². The smallest absolute Gasteiger partial charge is 0.318 e. The first-order valence-corrected chi connectivity index (χ1v) is 10.7. The first-order chi connectivity index (χ1) is 13.4. The Balaban J connectivity index is 1.40. The molecule has 1 aliphatic carbocycles. The number of aryl methyl sites for hydroxylation is 1. The predicted octanol–water partition coefficient (Wildman–Crippen LogP) is 1.73. The number of nitrogens with one attached hydrogen (secondary N) is 3. The molecule has 6 nitrogen and oxygen atoms in total. The van der Waals surface area contributed by atoms with E-state index in [9.17, 15) is 9.59 Å². The third kappa shape index (κ3) is 5.47. The number of amides is 3. The zero-order valence-electron chi connectivity index (χ0n) is 17.5. The van der Waals surface area contributed by atoms with Gasteiger partial charge in [-0.1, -0.05) is 19.1 Å². The maximum atomic E-state index is 12.5. The van der Waals surface area contributed by atoms with E-state index in [1.165, 1.54) is 23.3 Å². The molecule has 28 heavy (non-hydrogen) atoms. The standard InChI is InChI=1S/C22H34N4O2/c1-16-7-9-19(10-8-16)23-22(28)26-13-11-25(12-14-26)15-21(27)24-20-6-4-5-17(2)18(20)3/h4-6,16,19H,7-15H2,1-3H3,(H,23,28)(H,24,27)/p+1. The van der Waals surface area contributed by atoms with Gasteiger partial charge in [0.05, 0.1) is 26.2 Å².